The third kappa shape index (κ3) is 4.85. The summed E-state index contributed by atoms with van der Waals surface area (Å²) in [6, 6.07) is 29.8. The van der Waals surface area contributed by atoms with E-state index in [1.54, 1.807) is 34.9 Å². The van der Waals surface area contributed by atoms with Crippen LogP contribution in [0, 0.1) is 13.8 Å². The van der Waals surface area contributed by atoms with Crippen molar-refractivity contribution in [1.29, 1.82) is 0 Å². The highest BCUT2D eigenvalue weighted by Crippen LogP contribution is 2.38. The van der Waals surface area contributed by atoms with Gasteiger partial charge in [-0.05, 0) is 55.8 Å². The summed E-state index contributed by atoms with van der Waals surface area (Å²) < 4.78 is 1.56. The van der Waals surface area contributed by atoms with E-state index in [1.165, 1.54) is 11.8 Å². The number of ketones is 1. The number of nitrogens with zero attached hydrogens (tertiary/aromatic N) is 2. The van der Waals surface area contributed by atoms with Crippen LogP contribution in [0.15, 0.2) is 107 Å². The molecule has 36 heavy (non-hydrogen) atoms. The Morgan fingerprint density at radius 3 is 2.11 bits per heavy atom. The van der Waals surface area contributed by atoms with Gasteiger partial charge in [-0.25, -0.2) is 4.98 Å². The SMILES string of the molecule is Cc1ccc(C(=O)[C@@H](Sc2nc3ccccc3c(=O)n2-c2ccc(Cl)cc2)c2ccc(C)cc2)cc1. The first-order valence-corrected chi connectivity index (χ1v) is 12.8. The lowest BCUT2D eigenvalue weighted by atomic mass is 10.0. The molecule has 0 bridgehead atoms. The Morgan fingerprint density at radius 2 is 1.44 bits per heavy atom. The predicted octanol–water partition coefficient (Wildman–Crippen LogP) is 7.37. The molecule has 4 nitrogen and oxygen atoms in total. The number of aryl methyl sites for hydroxylation is 2. The highest BCUT2D eigenvalue weighted by atomic mass is 35.5. The fourth-order valence-electron chi connectivity index (χ4n) is 4.00. The molecule has 0 aliphatic carbocycles. The molecule has 1 aromatic heterocycles. The summed E-state index contributed by atoms with van der Waals surface area (Å²) in [5.74, 6) is -0.0473. The molecule has 5 aromatic rings. The van der Waals surface area contributed by atoms with E-state index in [-0.39, 0.29) is 11.3 Å². The molecule has 0 saturated carbocycles. The minimum atomic E-state index is -0.597. The van der Waals surface area contributed by atoms with Gasteiger partial charge in [-0.2, -0.15) is 0 Å². The second kappa shape index (κ2) is 10.1. The Hall–Kier alpha value is -3.67. The van der Waals surface area contributed by atoms with Crippen molar-refractivity contribution in [2.24, 2.45) is 0 Å². The van der Waals surface area contributed by atoms with Gasteiger partial charge in [0.15, 0.2) is 10.9 Å². The average Bonchev–Trinajstić information content (AvgIpc) is 2.89. The number of para-hydroxylation sites is 1. The van der Waals surface area contributed by atoms with Gasteiger partial charge in [0.25, 0.3) is 5.56 Å². The van der Waals surface area contributed by atoms with Crippen LogP contribution in [0.1, 0.15) is 32.3 Å². The number of fused-ring (bicyclic) bond motifs is 1. The summed E-state index contributed by atoms with van der Waals surface area (Å²) in [6.45, 7) is 4.00. The molecule has 0 spiro atoms. The molecule has 0 aliphatic rings. The third-order valence-corrected chi connectivity index (χ3v) is 7.47. The second-order valence-electron chi connectivity index (χ2n) is 8.67. The maximum Gasteiger partial charge on any atom is 0.266 e. The second-order valence-corrected chi connectivity index (χ2v) is 10.2. The Balaban J connectivity index is 1.69. The van der Waals surface area contributed by atoms with Crippen LogP contribution in [0.5, 0.6) is 0 Å². The van der Waals surface area contributed by atoms with Gasteiger partial charge in [0.2, 0.25) is 0 Å². The van der Waals surface area contributed by atoms with Crippen LogP contribution in [0.2, 0.25) is 5.02 Å². The van der Waals surface area contributed by atoms with Crippen molar-refractivity contribution in [1.82, 2.24) is 9.55 Å². The van der Waals surface area contributed by atoms with Gasteiger partial charge < -0.3 is 0 Å². The zero-order valence-electron chi connectivity index (χ0n) is 19.8. The normalized spacial score (nSPS) is 12.0. The van der Waals surface area contributed by atoms with Crippen LogP contribution in [0.3, 0.4) is 0 Å². The largest absolute Gasteiger partial charge is 0.293 e. The Labute approximate surface area is 218 Å². The van der Waals surface area contributed by atoms with Crippen molar-refractivity contribution in [3.8, 4) is 5.69 Å². The number of hydrogen-bond donors (Lipinski definition) is 0. The van der Waals surface area contributed by atoms with Crippen LogP contribution in [-0.4, -0.2) is 15.3 Å². The minimum absolute atomic E-state index is 0.0473. The van der Waals surface area contributed by atoms with E-state index >= 15 is 0 Å². The van der Waals surface area contributed by atoms with Crippen molar-refractivity contribution in [2.75, 3.05) is 0 Å². The smallest absolute Gasteiger partial charge is 0.266 e. The predicted molar refractivity (Wildman–Crippen MR) is 148 cm³/mol. The maximum absolute atomic E-state index is 13.8. The summed E-state index contributed by atoms with van der Waals surface area (Å²) >= 11 is 7.40. The number of rotatable bonds is 6. The maximum atomic E-state index is 13.8. The first-order valence-electron chi connectivity index (χ1n) is 11.5. The molecule has 178 valence electrons. The number of carbonyl (C=O) groups excluding carboxylic acids is 1. The number of aromatic nitrogens is 2. The molecule has 6 heteroatoms. The standard InChI is InChI=1S/C30H23ClN2O2S/c1-19-7-11-21(12-8-19)27(34)28(22-13-9-20(2)10-14-22)36-30-32-26-6-4-3-5-25(26)29(35)33(30)24-17-15-23(31)16-18-24/h3-18,28H,1-2H3/t28-/m0/s1. The van der Waals surface area contributed by atoms with Gasteiger partial charge in [0.1, 0.15) is 5.25 Å². The van der Waals surface area contributed by atoms with E-state index < -0.39 is 5.25 Å². The average molecular weight is 511 g/mol. The van der Waals surface area contributed by atoms with Crippen molar-refractivity contribution in [2.45, 2.75) is 24.3 Å². The zero-order chi connectivity index (χ0) is 25.2. The Morgan fingerprint density at radius 1 is 0.833 bits per heavy atom. The van der Waals surface area contributed by atoms with Crippen molar-refractivity contribution in [3.63, 3.8) is 0 Å². The lowest BCUT2D eigenvalue weighted by molar-refractivity contribution is 0.0989. The quantitative estimate of drug-likeness (QED) is 0.136. The highest BCUT2D eigenvalue weighted by molar-refractivity contribution is 8.00. The number of halogens is 1. The van der Waals surface area contributed by atoms with Gasteiger partial charge >= 0.3 is 0 Å². The third-order valence-electron chi connectivity index (χ3n) is 6.01. The van der Waals surface area contributed by atoms with E-state index in [4.69, 9.17) is 16.6 Å². The fourth-order valence-corrected chi connectivity index (χ4v) is 5.32. The number of hydrogen-bond acceptors (Lipinski definition) is 4. The van der Waals surface area contributed by atoms with Crippen LogP contribution >= 0.6 is 23.4 Å². The van der Waals surface area contributed by atoms with E-state index in [2.05, 4.69) is 0 Å². The van der Waals surface area contributed by atoms with E-state index in [0.29, 0.717) is 32.3 Å². The topological polar surface area (TPSA) is 52.0 Å². The molecule has 0 saturated heterocycles. The van der Waals surface area contributed by atoms with Crippen molar-refractivity contribution in [3.05, 3.63) is 135 Å². The molecule has 0 N–H and O–H groups in total. The Kier molecular flexibility index (Phi) is 6.77. The van der Waals surface area contributed by atoms with Gasteiger partial charge in [-0.3, -0.25) is 14.2 Å². The molecular weight excluding hydrogens is 488 g/mol. The zero-order valence-corrected chi connectivity index (χ0v) is 21.4. The minimum Gasteiger partial charge on any atom is -0.293 e. The summed E-state index contributed by atoms with van der Waals surface area (Å²) in [7, 11) is 0. The number of carbonyl (C=O) groups is 1. The highest BCUT2D eigenvalue weighted by Gasteiger charge is 2.26. The molecule has 0 aliphatic heterocycles. The first-order chi connectivity index (χ1) is 17.4. The molecule has 0 amide bonds. The first kappa shape index (κ1) is 24.0. The van der Waals surface area contributed by atoms with E-state index in [1.807, 2.05) is 80.6 Å². The molecule has 1 heterocycles. The van der Waals surface area contributed by atoms with Crippen LogP contribution < -0.4 is 5.56 Å². The Bertz CT molecular complexity index is 1610. The molecular formula is C30H23ClN2O2S. The van der Waals surface area contributed by atoms with E-state index in [0.717, 1.165) is 16.7 Å². The van der Waals surface area contributed by atoms with E-state index in [9.17, 15) is 9.59 Å². The molecule has 0 unspecified atom stereocenters. The summed E-state index contributed by atoms with van der Waals surface area (Å²) in [6.07, 6.45) is 0. The van der Waals surface area contributed by atoms with Crippen LogP contribution in [0.4, 0.5) is 0 Å². The molecule has 0 fully saturated rings. The molecule has 4 aromatic carbocycles. The number of benzene rings is 4. The molecule has 0 radical (unpaired) electrons. The van der Waals surface area contributed by atoms with Crippen molar-refractivity contribution >= 4 is 40.0 Å². The summed E-state index contributed by atoms with van der Waals surface area (Å²) in [4.78, 5) is 32.3. The molecule has 5 rings (SSSR count). The summed E-state index contributed by atoms with van der Waals surface area (Å²) in [5, 5.41) is 0.919. The lowest BCUT2D eigenvalue weighted by Crippen LogP contribution is -2.23. The summed E-state index contributed by atoms with van der Waals surface area (Å²) in [5.41, 5.74) is 4.67. The van der Waals surface area contributed by atoms with Crippen molar-refractivity contribution < 1.29 is 4.79 Å². The fraction of sp³-hybridized carbons (Fsp3) is 0.100. The number of thioether (sulfide) groups is 1. The van der Waals surface area contributed by atoms with Gasteiger partial charge in [0, 0.05) is 10.6 Å². The van der Waals surface area contributed by atoms with Crippen LogP contribution in [-0.2, 0) is 0 Å². The van der Waals surface area contributed by atoms with Gasteiger partial charge in [-0.15, -0.1) is 0 Å². The van der Waals surface area contributed by atoms with Gasteiger partial charge in [-0.1, -0.05) is 95.2 Å². The monoisotopic (exact) mass is 510 g/mol. The van der Waals surface area contributed by atoms with Gasteiger partial charge in [0.05, 0.1) is 16.6 Å². The number of Topliss-reactive ketones (excluding diaryl/α,β-unsaturated/α-hetero) is 1. The molecule has 1 atom stereocenters. The van der Waals surface area contributed by atoms with Crippen LogP contribution in [0.25, 0.3) is 16.6 Å². The lowest BCUT2D eigenvalue weighted by Gasteiger charge is -2.19.